The topological polar surface area (TPSA) is 68.4 Å². The van der Waals surface area contributed by atoms with Crippen LogP contribution in [0.4, 0.5) is 0 Å². The molecule has 0 bridgehead atoms. The van der Waals surface area contributed by atoms with Crippen LogP contribution in [0.2, 0.25) is 0 Å². The van der Waals surface area contributed by atoms with Crippen molar-refractivity contribution in [1.29, 1.82) is 0 Å². The number of hydrogen-bond donors (Lipinski definition) is 1. The summed E-state index contributed by atoms with van der Waals surface area (Å²) in [5.74, 6) is 1.38. The molecular formula is C13H22N2O3. The second-order valence-electron chi connectivity index (χ2n) is 5.40. The Morgan fingerprint density at radius 1 is 1.39 bits per heavy atom. The Bertz CT molecular complexity index is 362. The number of aromatic nitrogens is 2. The summed E-state index contributed by atoms with van der Waals surface area (Å²) < 4.78 is 10.8. The summed E-state index contributed by atoms with van der Waals surface area (Å²) >= 11 is 0. The van der Waals surface area contributed by atoms with Crippen molar-refractivity contribution < 1.29 is 14.4 Å². The zero-order valence-corrected chi connectivity index (χ0v) is 11.3. The molecule has 1 aromatic heterocycles. The minimum atomic E-state index is -0.485. The zero-order valence-electron chi connectivity index (χ0n) is 11.3. The van der Waals surface area contributed by atoms with Crippen molar-refractivity contribution in [3.05, 3.63) is 11.7 Å². The quantitative estimate of drug-likeness (QED) is 0.869. The van der Waals surface area contributed by atoms with Gasteiger partial charge in [0.1, 0.15) is 0 Å². The number of hydrogen-bond acceptors (Lipinski definition) is 5. The molecule has 0 saturated carbocycles. The Morgan fingerprint density at radius 2 is 2.17 bits per heavy atom. The van der Waals surface area contributed by atoms with Crippen LogP contribution in [0.15, 0.2) is 4.52 Å². The van der Waals surface area contributed by atoms with Crippen LogP contribution >= 0.6 is 0 Å². The van der Waals surface area contributed by atoms with E-state index >= 15 is 0 Å². The van der Waals surface area contributed by atoms with Gasteiger partial charge in [0.15, 0.2) is 5.82 Å². The second kappa shape index (κ2) is 5.80. The van der Waals surface area contributed by atoms with Gasteiger partial charge in [0.05, 0.1) is 18.1 Å². The number of nitrogens with zero attached hydrogens (tertiary/aromatic N) is 2. The first-order valence-electron chi connectivity index (χ1n) is 6.70. The van der Waals surface area contributed by atoms with E-state index in [2.05, 4.69) is 10.1 Å². The Hall–Kier alpha value is -0.940. The average molecular weight is 254 g/mol. The van der Waals surface area contributed by atoms with E-state index < -0.39 is 6.10 Å². The minimum absolute atomic E-state index is 0.101. The summed E-state index contributed by atoms with van der Waals surface area (Å²) in [6.07, 6.45) is 2.61. The molecule has 1 aliphatic rings. The van der Waals surface area contributed by atoms with E-state index in [0.29, 0.717) is 18.1 Å². The molecule has 3 unspecified atom stereocenters. The van der Waals surface area contributed by atoms with Crippen molar-refractivity contribution in [2.75, 3.05) is 6.61 Å². The lowest BCUT2D eigenvalue weighted by Gasteiger charge is -2.19. The summed E-state index contributed by atoms with van der Waals surface area (Å²) in [6.45, 7) is 6.68. The van der Waals surface area contributed by atoms with Gasteiger partial charge < -0.3 is 14.4 Å². The highest BCUT2D eigenvalue weighted by molar-refractivity contribution is 4.99. The fourth-order valence-electron chi connectivity index (χ4n) is 2.54. The predicted molar refractivity (Wildman–Crippen MR) is 66.2 cm³/mol. The first kappa shape index (κ1) is 13.5. The van der Waals surface area contributed by atoms with Gasteiger partial charge in [0.2, 0.25) is 5.89 Å². The largest absolute Gasteiger partial charge is 0.393 e. The second-order valence-corrected chi connectivity index (χ2v) is 5.40. The van der Waals surface area contributed by atoms with Crippen LogP contribution in [0.1, 0.15) is 51.2 Å². The fourth-order valence-corrected chi connectivity index (χ4v) is 2.54. The van der Waals surface area contributed by atoms with Crippen LogP contribution in [0.5, 0.6) is 0 Å². The number of rotatable bonds is 5. The lowest BCUT2D eigenvalue weighted by atomic mass is 9.91. The summed E-state index contributed by atoms with van der Waals surface area (Å²) in [5, 5.41) is 13.8. The normalized spacial score (nSPS) is 23.5. The van der Waals surface area contributed by atoms with Gasteiger partial charge in [-0.3, -0.25) is 0 Å². The Labute approximate surface area is 108 Å². The summed E-state index contributed by atoms with van der Waals surface area (Å²) in [4.78, 5) is 4.40. The van der Waals surface area contributed by atoms with Gasteiger partial charge >= 0.3 is 0 Å². The Kier molecular flexibility index (Phi) is 4.35. The van der Waals surface area contributed by atoms with E-state index in [-0.39, 0.29) is 17.9 Å². The molecule has 2 heterocycles. The molecule has 3 atom stereocenters. The Morgan fingerprint density at radius 3 is 2.72 bits per heavy atom. The van der Waals surface area contributed by atoms with E-state index in [0.717, 1.165) is 19.4 Å². The molecule has 1 aromatic rings. The zero-order chi connectivity index (χ0) is 13.1. The third-order valence-corrected chi connectivity index (χ3v) is 3.44. The molecular weight excluding hydrogens is 232 g/mol. The van der Waals surface area contributed by atoms with Crippen LogP contribution in [0.25, 0.3) is 0 Å². The standard InChI is InChI=1S/C13H22N2O3/c1-8(2)12(9(3)16)13-14-11(15-18-13)7-10-5-4-6-17-10/h8-10,12,16H,4-7H2,1-3H3. The first-order valence-corrected chi connectivity index (χ1v) is 6.70. The first-order chi connectivity index (χ1) is 8.58. The van der Waals surface area contributed by atoms with E-state index in [1.54, 1.807) is 6.92 Å². The van der Waals surface area contributed by atoms with Gasteiger partial charge in [-0.1, -0.05) is 19.0 Å². The molecule has 2 rings (SSSR count). The van der Waals surface area contributed by atoms with Gasteiger partial charge in [0, 0.05) is 13.0 Å². The summed E-state index contributed by atoms with van der Waals surface area (Å²) in [6, 6.07) is 0. The molecule has 102 valence electrons. The fraction of sp³-hybridized carbons (Fsp3) is 0.846. The molecule has 1 saturated heterocycles. The molecule has 5 nitrogen and oxygen atoms in total. The van der Waals surface area contributed by atoms with Crippen LogP contribution in [0.3, 0.4) is 0 Å². The molecule has 5 heteroatoms. The van der Waals surface area contributed by atoms with Crippen molar-refractivity contribution in [1.82, 2.24) is 10.1 Å². The SMILES string of the molecule is CC(C)C(c1nc(CC2CCCO2)no1)C(C)O. The van der Waals surface area contributed by atoms with Gasteiger partial charge in [-0.2, -0.15) is 4.98 Å². The van der Waals surface area contributed by atoms with Gasteiger partial charge in [-0.25, -0.2) is 0 Å². The predicted octanol–water partition coefficient (Wildman–Crippen LogP) is 1.91. The van der Waals surface area contributed by atoms with E-state index in [1.807, 2.05) is 13.8 Å². The molecule has 0 aromatic carbocycles. The Balaban J connectivity index is 2.03. The summed E-state index contributed by atoms with van der Waals surface area (Å²) in [7, 11) is 0. The number of ether oxygens (including phenoxy) is 1. The molecule has 0 spiro atoms. The monoisotopic (exact) mass is 254 g/mol. The highest BCUT2D eigenvalue weighted by atomic mass is 16.5. The van der Waals surface area contributed by atoms with Crippen LogP contribution < -0.4 is 0 Å². The molecule has 1 aliphatic heterocycles. The van der Waals surface area contributed by atoms with E-state index in [9.17, 15) is 5.11 Å². The lowest BCUT2D eigenvalue weighted by Crippen LogP contribution is -2.20. The van der Waals surface area contributed by atoms with Gasteiger partial charge in [0.25, 0.3) is 0 Å². The lowest BCUT2D eigenvalue weighted by molar-refractivity contribution is 0.109. The molecule has 18 heavy (non-hydrogen) atoms. The van der Waals surface area contributed by atoms with Crippen molar-refractivity contribution in [3.63, 3.8) is 0 Å². The van der Waals surface area contributed by atoms with Gasteiger partial charge in [-0.15, -0.1) is 0 Å². The smallest absolute Gasteiger partial charge is 0.232 e. The molecule has 0 amide bonds. The van der Waals surface area contributed by atoms with Crippen molar-refractivity contribution in [3.8, 4) is 0 Å². The molecule has 1 fully saturated rings. The molecule has 0 aliphatic carbocycles. The van der Waals surface area contributed by atoms with Gasteiger partial charge in [-0.05, 0) is 25.7 Å². The van der Waals surface area contributed by atoms with Crippen molar-refractivity contribution >= 4 is 0 Å². The maximum atomic E-state index is 9.78. The maximum absolute atomic E-state index is 9.78. The third kappa shape index (κ3) is 3.09. The van der Waals surface area contributed by atoms with Crippen LogP contribution in [-0.2, 0) is 11.2 Å². The molecule has 1 N–H and O–H groups in total. The number of aliphatic hydroxyl groups excluding tert-OH is 1. The van der Waals surface area contributed by atoms with Crippen molar-refractivity contribution in [2.24, 2.45) is 5.92 Å². The van der Waals surface area contributed by atoms with Crippen LogP contribution in [-0.4, -0.2) is 34.1 Å². The van der Waals surface area contributed by atoms with E-state index in [1.165, 1.54) is 0 Å². The third-order valence-electron chi connectivity index (χ3n) is 3.44. The number of aliphatic hydroxyl groups is 1. The highest BCUT2D eigenvalue weighted by Gasteiger charge is 2.28. The average Bonchev–Trinajstić information content (AvgIpc) is 2.90. The van der Waals surface area contributed by atoms with Crippen molar-refractivity contribution in [2.45, 2.75) is 58.2 Å². The maximum Gasteiger partial charge on any atom is 0.232 e. The van der Waals surface area contributed by atoms with E-state index in [4.69, 9.17) is 9.26 Å². The highest BCUT2D eigenvalue weighted by Crippen LogP contribution is 2.27. The van der Waals surface area contributed by atoms with Crippen LogP contribution in [0, 0.1) is 5.92 Å². The summed E-state index contributed by atoms with van der Waals surface area (Å²) in [5.41, 5.74) is 0. The molecule has 0 radical (unpaired) electrons. The minimum Gasteiger partial charge on any atom is -0.393 e.